The first-order chi connectivity index (χ1) is 12.6. The summed E-state index contributed by atoms with van der Waals surface area (Å²) in [5.41, 5.74) is 1.41. The lowest BCUT2D eigenvalue weighted by atomic mass is 10.2. The van der Waals surface area contributed by atoms with Gasteiger partial charge in [0.05, 0.1) is 10.2 Å². The Morgan fingerprint density at radius 3 is 2.42 bits per heavy atom. The van der Waals surface area contributed by atoms with Crippen LogP contribution in [0.5, 0.6) is 0 Å². The molecule has 1 aromatic heterocycles. The highest BCUT2D eigenvalue weighted by Gasteiger charge is 2.32. The fourth-order valence-corrected chi connectivity index (χ4v) is 4.39. The van der Waals surface area contributed by atoms with E-state index in [2.05, 4.69) is 10.3 Å². The van der Waals surface area contributed by atoms with E-state index in [0.717, 1.165) is 30.6 Å². The van der Waals surface area contributed by atoms with Crippen LogP contribution < -0.4 is 10.2 Å². The summed E-state index contributed by atoms with van der Waals surface area (Å²) >= 11 is 1.29. The standard InChI is InChI=1S/C18H20N4O3S/c23-15-7-8-16(24)22(15)18-20-13-6-5-12(11-14(13)26-18)19-17(25)21-9-3-1-2-4-10-21/h5-6,11H,1-4,7-10H2,(H,19,25). The van der Waals surface area contributed by atoms with E-state index < -0.39 is 0 Å². The number of carbonyl (C=O) groups is 3. The number of nitrogens with one attached hydrogen (secondary N) is 1. The average molecular weight is 372 g/mol. The molecule has 4 rings (SSSR count). The number of fused-ring (bicyclic) bond motifs is 1. The number of amides is 4. The predicted octanol–water partition coefficient (Wildman–Crippen LogP) is 3.36. The van der Waals surface area contributed by atoms with Crippen LogP contribution in [-0.2, 0) is 9.59 Å². The van der Waals surface area contributed by atoms with Crippen molar-refractivity contribution in [2.45, 2.75) is 38.5 Å². The van der Waals surface area contributed by atoms with Gasteiger partial charge >= 0.3 is 6.03 Å². The van der Waals surface area contributed by atoms with E-state index in [-0.39, 0.29) is 30.7 Å². The molecule has 1 N–H and O–H groups in total. The van der Waals surface area contributed by atoms with Crippen LogP contribution >= 0.6 is 11.3 Å². The maximum Gasteiger partial charge on any atom is 0.321 e. The minimum Gasteiger partial charge on any atom is -0.325 e. The van der Waals surface area contributed by atoms with Gasteiger partial charge in [-0.3, -0.25) is 9.59 Å². The van der Waals surface area contributed by atoms with E-state index in [1.165, 1.54) is 29.1 Å². The maximum atomic E-state index is 12.5. The number of hydrogen-bond acceptors (Lipinski definition) is 5. The highest BCUT2D eigenvalue weighted by molar-refractivity contribution is 7.22. The first-order valence-corrected chi connectivity index (χ1v) is 9.76. The van der Waals surface area contributed by atoms with E-state index in [1.54, 1.807) is 12.1 Å². The number of anilines is 2. The first-order valence-electron chi connectivity index (χ1n) is 8.94. The second kappa shape index (κ2) is 7.03. The van der Waals surface area contributed by atoms with Crippen molar-refractivity contribution in [2.75, 3.05) is 23.3 Å². The number of urea groups is 1. The molecule has 3 heterocycles. The van der Waals surface area contributed by atoms with Gasteiger partial charge in [-0.05, 0) is 31.0 Å². The molecule has 2 aliphatic rings. The molecule has 0 atom stereocenters. The summed E-state index contributed by atoms with van der Waals surface area (Å²) in [5.74, 6) is -0.410. The molecular weight excluding hydrogens is 352 g/mol. The second-order valence-corrected chi connectivity index (χ2v) is 7.64. The molecule has 0 spiro atoms. The summed E-state index contributed by atoms with van der Waals surface area (Å²) in [6.07, 6.45) is 4.92. The average Bonchev–Trinajstić information content (AvgIpc) is 3.04. The van der Waals surface area contributed by atoms with Crippen LogP contribution in [0.4, 0.5) is 15.6 Å². The molecule has 2 aromatic rings. The molecule has 8 heteroatoms. The lowest BCUT2D eigenvalue weighted by Gasteiger charge is -2.20. The highest BCUT2D eigenvalue weighted by Crippen LogP contribution is 2.33. The lowest BCUT2D eigenvalue weighted by Crippen LogP contribution is -2.35. The zero-order chi connectivity index (χ0) is 18.1. The topological polar surface area (TPSA) is 82.6 Å². The molecule has 0 unspecified atom stereocenters. The van der Waals surface area contributed by atoms with Crippen LogP contribution in [0, 0.1) is 0 Å². The molecule has 2 saturated heterocycles. The number of nitrogens with zero attached hydrogens (tertiary/aromatic N) is 3. The van der Waals surface area contributed by atoms with Crippen molar-refractivity contribution in [3.8, 4) is 0 Å². The third kappa shape index (κ3) is 3.29. The summed E-state index contributed by atoms with van der Waals surface area (Å²) in [5, 5.41) is 3.35. The van der Waals surface area contributed by atoms with Crippen molar-refractivity contribution in [1.29, 1.82) is 0 Å². The van der Waals surface area contributed by atoms with E-state index in [4.69, 9.17) is 0 Å². The fourth-order valence-electron chi connectivity index (χ4n) is 3.35. The molecule has 2 fully saturated rings. The van der Waals surface area contributed by atoms with Gasteiger partial charge in [0.15, 0.2) is 5.13 Å². The number of benzene rings is 1. The number of aromatic nitrogens is 1. The number of carbonyl (C=O) groups excluding carboxylic acids is 3. The zero-order valence-corrected chi connectivity index (χ0v) is 15.2. The largest absolute Gasteiger partial charge is 0.325 e. The van der Waals surface area contributed by atoms with Gasteiger partial charge in [-0.15, -0.1) is 0 Å². The normalized spacial score (nSPS) is 18.5. The molecule has 7 nitrogen and oxygen atoms in total. The van der Waals surface area contributed by atoms with Crippen molar-refractivity contribution in [2.24, 2.45) is 0 Å². The molecule has 0 bridgehead atoms. The van der Waals surface area contributed by atoms with Crippen LogP contribution in [0.3, 0.4) is 0 Å². The minimum atomic E-state index is -0.205. The van der Waals surface area contributed by atoms with Crippen LogP contribution in [0.1, 0.15) is 38.5 Å². The molecule has 26 heavy (non-hydrogen) atoms. The quantitative estimate of drug-likeness (QED) is 0.820. The first kappa shape index (κ1) is 17.0. The maximum absolute atomic E-state index is 12.5. The smallest absolute Gasteiger partial charge is 0.321 e. The molecule has 0 saturated carbocycles. The Morgan fingerprint density at radius 2 is 1.73 bits per heavy atom. The summed E-state index contributed by atoms with van der Waals surface area (Å²) < 4.78 is 0.834. The van der Waals surface area contributed by atoms with Crippen LogP contribution in [0.2, 0.25) is 0 Å². The van der Waals surface area contributed by atoms with Crippen molar-refractivity contribution in [3.63, 3.8) is 0 Å². The SMILES string of the molecule is O=C(Nc1ccc2nc(N3C(=O)CCC3=O)sc2c1)N1CCCCCC1. The molecule has 0 radical (unpaired) electrons. The Bertz CT molecular complexity index is 854. The predicted molar refractivity (Wildman–Crippen MR) is 100 cm³/mol. The number of rotatable bonds is 2. The Balaban J connectivity index is 1.53. The Hall–Kier alpha value is -2.48. The Kier molecular flexibility index (Phi) is 4.58. The number of likely N-dealkylation sites (tertiary alicyclic amines) is 1. The van der Waals surface area contributed by atoms with Crippen LogP contribution in [0.25, 0.3) is 10.2 Å². The van der Waals surface area contributed by atoms with Crippen molar-refractivity contribution in [3.05, 3.63) is 18.2 Å². The van der Waals surface area contributed by atoms with Gasteiger partial charge in [0.1, 0.15) is 0 Å². The van der Waals surface area contributed by atoms with E-state index in [0.29, 0.717) is 16.3 Å². The Morgan fingerprint density at radius 1 is 1.04 bits per heavy atom. The second-order valence-electron chi connectivity index (χ2n) is 6.63. The van der Waals surface area contributed by atoms with Crippen LogP contribution in [-0.4, -0.2) is 40.8 Å². The van der Waals surface area contributed by atoms with Gasteiger partial charge in [0.25, 0.3) is 0 Å². The summed E-state index contributed by atoms with van der Waals surface area (Å²) in [6.45, 7) is 1.58. The van der Waals surface area contributed by atoms with Gasteiger partial charge < -0.3 is 10.2 Å². The van der Waals surface area contributed by atoms with Crippen molar-refractivity contribution < 1.29 is 14.4 Å². The molecular formula is C18H20N4O3S. The minimum absolute atomic E-state index is 0.0825. The van der Waals surface area contributed by atoms with Crippen molar-refractivity contribution in [1.82, 2.24) is 9.88 Å². The molecule has 1 aromatic carbocycles. The zero-order valence-electron chi connectivity index (χ0n) is 14.4. The summed E-state index contributed by atoms with van der Waals surface area (Å²) in [6, 6.07) is 5.37. The van der Waals surface area contributed by atoms with Gasteiger partial charge in [0.2, 0.25) is 11.8 Å². The third-order valence-corrected chi connectivity index (χ3v) is 5.77. The third-order valence-electron chi connectivity index (χ3n) is 4.76. The summed E-state index contributed by atoms with van der Waals surface area (Å²) in [7, 11) is 0. The fraction of sp³-hybridized carbons (Fsp3) is 0.444. The number of imide groups is 1. The monoisotopic (exact) mass is 372 g/mol. The molecule has 136 valence electrons. The van der Waals surface area contributed by atoms with Crippen LogP contribution in [0.15, 0.2) is 18.2 Å². The number of hydrogen-bond donors (Lipinski definition) is 1. The van der Waals surface area contributed by atoms with Gasteiger partial charge in [-0.2, -0.15) is 0 Å². The van der Waals surface area contributed by atoms with Crippen molar-refractivity contribution >= 4 is 50.2 Å². The van der Waals surface area contributed by atoms with E-state index in [1.807, 2.05) is 11.0 Å². The molecule has 4 amide bonds. The summed E-state index contributed by atoms with van der Waals surface area (Å²) in [4.78, 5) is 43.7. The number of thiazole rings is 1. The van der Waals surface area contributed by atoms with E-state index in [9.17, 15) is 14.4 Å². The molecule has 0 aliphatic carbocycles. The van der Waals surface area contributed by atoms with E-state index >= 15 is 0 Å². The van der Waals surface area contributed by atoms with Gasteiger partial charge in [-0.25, -0.2) is 14.7 Å². The highest BCUT2D eigenvalue weighted by atomic mass is 32.1. The van der Waals surface area contributed by atoms with Gasteiger partial charge in [-0.1, -0.05) is 24.2 Å². The Labute approximate surface area is 155 Å². The van der Waals surface area contributed by atoms with Gasteiger partial charge in [0, 0.05) is 31.6 Å². The lowest BCUT2D eigenvalue weighted by molar-refractivity contribution is -0.121. The molecule has 2 aliphatic heterocycles.